The topological polar surface area (TPSA) is 9.86 Å². The monoisotopic (exact) mass is 680 g/mol. The van der Waals surface area contributed by atoms with Gasteiger partial charge in [0.05, 0.1) is 22.4 Å². The van der Waals surface area contributed by atoms with Crippen molar-refractivity contribution in [2.75, 3.05) is 0 Å². The van der Waals surface area contributed by atoms with Crippen LogP contribution in [0, 0.1) is 0 Å². The van der Waals surface area contributed by atoms with Gasteiger partial charge in [0.1, 0.15) is 0 Å². The summed E-state index contributed by atoms with van der Waals surface area (Å²) in [5.41, 5.74) is 13.9. The molecule has 0 amide bonds. The molecule has 0 saturated carbocycles. The first kappa shape index (κ1) is 32.3. The summed E-state index contributed by atoms with van der Waals surface area (Å²) >= 11 is 0. The zero-order valence-electron chi connectivity index (χ0n) is 30.2. The molecule has 0 aliphatic heterocycles. The standard InChI is InChI=1S/C51H40N2/c1-5-17-43-45-28-25-34(31-50(45)52(48(43)7-3)36-19-11-9-12-20-36)35-26-29-46-44(18-6-2)49(8-4)53(51(46)32-35)37-27-30-42-40-24-16-15-23-38(40)39-21-13-10-14-22-41(39)47(42)33-37/h5-9,11-33H,3-4,10H2,1-2H3/b17-5-,18-6-. The molecule has 0 saturated heterocycles. The second-order valence-corrected chi connectivity index (χ2v) is 13.6. The van der Waals surface area contributed by atoms with Crippen LogP contribution in [-0.4, -0.2) is 9.13 Å². The maximum atomic E-state index is 4.34. The van der Waals surface area contributed by atoms with E-state index in [9.17, 15) is 0 Å². The molecule has 1 aliphatic rings. The molecule has 0 atom stereocenters. The van der Waals surface area contributed by atoms with Crippen molar-refractivity contribution >= 4 is 79.8 Å². The smallest absolute Gasteiger partial charge is 0.0547 e. The summed E-state index contributed by atoms with van der Waals surface area (Å²) in [6.07, 6.45) is 22.7. The third-order valence-electron chi connectivity index (χ3n) is 10.7. The van der Waals surface area contributed by atoms with Gasteiger partial charge in [0, 0.05) is 33.3 Å². The van der Waals surface area contributed by atoms with Gasteiger partial charge in [0.2, 0.25) is 0 Å². The molecule has 8 aromatic rings. The minimum Gasteiger partial charge on any atom is -0.309 e. The lowest BCUT2D eigenvalue weighted by Crippen LogP contribution is -1.98. The van der Waals surface area contributed by atoms with Crippen molar-refractivity contribution in [3.63, 3.8) is 0 Å². The molecule has 0 radical (unpaired) electrons. The van der Waals surface area contributed by atoms with Crippen molar-refractivity contribution in [2.24, 2.45) is 0 Å². The fourth-order valence-corrected chi connectivity index (χ4v) is 8.43. The van der Waals surface area contributed by atoms with Crippen LogP contribution in [0.3, 0.4) is 0 Å². The zero-order valence-corrected chi connectivity index (χ0v) is 30.2. The Morgan fingerprint density at radius 3 is 1.58 bits per heavy atom. The highest BCUT2D eigenvalue weighted by Crippen LogP contribution is 2.41. The van der Waals surface area contributed by atoms with Crippen LogP contribution in [0.25, 0.3) is 102 Å². The van der Waals surface area contributed by atoms with Gasteiger partial charge in [-0.25, -0.2) is 0 Å². The van der Waals surface area contributed by atoms with Gasteiger partial charge >= 0.3 is 0 Å². The predicted octanol–water partition coefficient (Wildman–Crippen LogP) is 14.3. The van der Waals surface area contributed by atoms with E-state index in [1.807, 2.05) is 12.2 Å². The van der Waals surface area contributed by atoms with Crippen LogP contribution in [0.2, 0.25) is 0 Å². The van der Waals surface area contributed by atoms with Gasteiger partial charge in [0.15, 0.2) is 0 Å². The summed E-state index contributed by atoms with van der Waals surface area (Å²) < 4.78 is 4.72. The molecule has 6 aromatic carbocycles. The Balaban J connectivity index is 1.30. The van der Waals surface area contributed by atoms with E-state index in [0.29, 0.717) is 0 Å². The van der Waals surface area contributed by atoms with E-state index < -0.39 is 0 Å². The van der Waals surface area contributed by atoms with Crippen LogP contribution in [0.15, 0.2) is 147 Å². The van der Waals surface area contributed by atoms with Gasteiger partial charge in [-0.05, 0) is 113 Å². The fourth-order valence-electron chi connectivity index (χ4n) is 8.43. The lowest BCUT2D eigenvalue weighted by molar-refractivity contribution is 1.11. The van der Waals surface area contributed by atoms with E-state index in [0.717, 1.165) is 51.3 Å². The highest BCUT2D eigenvalue weighted by Gasteiger charge is 2.20. The highest BCUT2D eigenvalue weighted by atomic mass is 15.0. The molecular formula is C51H40N2. The maximum Gasteiger partial charge on any atom is 0.0547 e. The SMILES string of the molecule is C=Cc1c(/C=C\C)c2ccc(-c3ccc4c(/C=C\C)c(C=C)n(-c5ccc6c(c5)c5c(c7ccccc76)C=CCC=C5)c4c3)cc2n1-c1ccccc1. The van der Waals surface area contributed by atoms with Crippen molar-refractivity contribution in [1.82, 2.24) is 9.13 Å². The largest absolute Gasteiger partial charge is 0.309 e. The van der Waals surface area contributed by atoms with Gasteiger partial charge in [-0.15, -0.1) is 0 Å². The van der Waals surface area contributed by atoms with Crippen LogP contribution < -0.4 is 0 Å². The summed E-state index contributed by atoms with van der Waals surface area (Å²) in [5.74, 6) is 0. The Kier molecular flexibility index (Phi) is 8.01. The Bertz CT molecular complexity index is 2900. The van der Waals surface area contributed by atoms with Crippen LogP contribution in [0.4, 0.5) is 0 Å². The quantitative estimate of drug-likeness (QED) is 0.148. The van der Waals surface area contributed by atoms with Gasteiger partial charge in [-0.1, -0.05) is 135 Å². The number of para-hydroxylation sites is 1. The van der Waals surface area contributed by atoms with Gasteiger partial charge in [-0.3, -0.25) is 0 Å². The molecular weight excluding hydrogens is 641 g/mol. The van der Waals surface area contributed by atoms with Crippen molar-refractivity contribution < 1.29 is 0 Å². The normalized spacial score (nSPS) is 12.9. The predicted molar refractivity (Wildman–Crippen MR) is 233 cm³/mol. The molecule has 2 heteroatoms. The second kappa shape index (κ2) is 13.2. The van der Waals surface area contributed by atoms with Crippen LogP contribution in [-0.2, 0) is 0 Å². The molecule has 0 spiro atoms. The average Bonchev–Trinajstić information content (AvgIpc) is 3.55. The van der Waals surface area contributed by atoms with E-state index >= 15 is 0 Å². The van der Waals surface area contributed by atoms with Crippen molar-refractivity contribution in [3.8, 4) is 22.5 Å². The number of allylic oxidation sites excluding steroid dienone is 4. The number of fused-ring (bicyclic) bond motifs is 8. The molecule has 0 fully saturated rings. The highest BCUT2D eigenvalue weighted by molar-refractivity contribution is 6.15. The van der Waals surface area contributed by atoms with Crippen molar-refractivity contribution in [3.05, 3.63) is 180 Å². The number of benzene rings is 6. The van der Waals surface area contributed by atoms with Crippen LogP contribution in [0.1, 0.15) is 53.9 Å². The molecule has 0 N–H and O–H groups in total. The Labute approximate surface area is 310 Å². The molecule has 0 unspecified atom stereocenters. The molecule has 2 nitrogen and oxygen atoms in total. The van der Waals surface area contributed by atoms with Crippen LogP contribution in [0.5, 0.6) is 0 Å². The van der Waals surface area contributed by atoms with Crippen LogP contribution >= 0.6 is 0 Å². The summed E-state index contributed by atoms with van der Waals surface area (Å²) in [7, 11) is 0. The molecule has 2 heterocycles. The number of nitrogens with zero attached hydrogens (tertiary/aromatic N) is 2. The number of hydrogen-bond donors (Lipinski definition) is 0. The Morgan fingerprint density at radius 2 is 1.00 bits per heavy atom. The summed E-state index contributed by atoms with van der Waals surface area (Å²) in [5, 5.41) is 7.48. The van der Waals surface area contributed by atoms with Crippen molar-refractivity contribution in [1.29, 1.82) is 0 Å². The minimum atomic E-state index is 0.927. The van der Waals surface area contributed by atoms with E-state index in [1.54, 1.807) is 0 Å². The third-order valence-corrected chi connectivity index (χ3v) is 10.7. The lowest BCUT2D eigenvalue weighted by atomic mass is 9.91. The lowest BCUT2D eigenvalue weighted by Gasteiger charge is -2.16. The van der Waals surface area contributed by atoms with E-state index in [4.69, 9.17) is 0 Å². The van der Waals surface area contributed by atoms with Gasteiger partial charge < -0.3 is 9.13 Å². The van der Waals surface area contributed by atoms with E-state index in [-0.39, 0.29) is 0 Å². The number of rotatable bonds is 7. The van der Waals surface area contributed by atoms with Crippen molar-refractivity contribution in [2.45, 2.75) is 20.3 Å². The first-order chi connectivity index (χ1) is 26.1. The second-order valence-electron chi connectivity index (χ2n) is 13.6. The molecule has 2 aromatic heterocycles. The number of hydrogen-bond acceptors (Lipinski definition) is 0. The zero-order chi connectivity index (χ0) is 36.1. The summed E-state index contributed by atoms with van der Waals surface area (Å²) in [6, 6.07) is 40.0. The minimum absolute atomic E-state index is 0.927. The molecule has 1 aliphatic carbocycles. The third kappa shape index (κ3) is 5.10. The summed E-state index contributed by atoms with van der Waals surface area (Å²) in [6.45, 7) is 12.7. The summed E-state index contributed by atoms with van der Waals surface area (Å²) in [4.78, 5) is 0. The average molecular weight is 681 g/mol. The van der Waals surface area contributed by atoms with Gasteiger partial charge in [0.25, 0.3) is 0 Å². The first-order valence-corrected chi connectivity index (χ1v) is 18.4. The fraction of sp³-hybridized carbons (Fsp3) is 0.0588. The Hall–Kier alpha value is -6.64. The molecule has 9 rings (SSSR count). The Morgan fingerprint density at radius 1 is 0.491 bits per heavy atom. The molecule has 254 valence electrons. The first-order valence-electron chi connectivity index (χ1n) is 18.4. The number of aromatic nitrogens is 2. The maximum absolute atomic E-state index is 4.34. The molecule has 0 bridgehead atoms. The van der Waals surface area contributed by atoms with Gasteiger partial charge in [-0.2, -0.15) is 0 Å². The molecule has 53 heavy (non-hydrogen) atoms. The van der Waals surface area contributed by atoms with E-state index in [1.165, 1.54) is 54.6 Å². The van der Waals surface area contributed by atoms with E-state index in [2.05, 4.69) is 194 Å².